The van der Waals surface area contributed by atoms with Gasteiger partial charge in [0.25, 0.3) is 5.91 Å². The number of nitrogens with one attached hydrogen (secondary N) is 1. The van der Waals surface area contributed by atoms with Crippen molar-refractivity contribution in [2.75, 3.05) is 14.2 Å². The number of aromatic nitrogens is 2. The number of amides is 1. The van der Waals surface area contributed by atoms with Crippen molar-refractivity contribution in [1.29, 1.82) is 0 Å². The molecule has 134 valence electrons. The molecule has 0 spiro atoms. The number of methoxy groups -OCH3 is 2. The molecule has 2 aromatic carbocycles. The quantitative estimate of drug-likeness (QED) is 0.720. The van der Waals surface area contributed by atoms with Crippen LogP contribution in [0.25, 0.3) is 5.69 Å². The molecule has 0 unspecified atom stereocenters. The Morgan fingerprint density at radius 3 is 2.69 bits per heavy atom. The minimum atomic E-state index is -0.215. The average Bonchev–Trinajstić information content (AvgIpc) is 3.16. The van der Waals surface area contributed by atoms with Crippen molar-refractivity contribution in [2.45, 2.75) is 6.54 Å². The number of carbonyl (C=O) groups is 1. The number of halogens is 1. The normalized spacial score (nSPS) is 10.4. The van der Waals surface area contributed by atoms with E-state index in [1.165, 1.54) is 6.20 Å². The van der Waals surface area contributed by atoms with Crippen molar-refractivity contribution in [1.82, 2.24) is 15.1 Å². The van der Waals surface area contributed by atoms with E-state index in [0.717, 1.165) is 11.3 Å². The topological polar surface area (TPSA) is 65.4 Å². The second-order valence-corrected chi connectivity index (χ2v) is 5.96. The van der Waals surface area contributed by atoms with Crippen LogP contribution in [0.15, 0.2) is 54.9 Å². The summed E-state index contributed by atoms with van der Waals surface area (Å²) in [7, 11) is 3.15. The maximum Gasteiger partial charge on any atom is 0.254 e. The Kier molecular flexibility index (Phi) is 5.43. The van der Waals surface area contributed by atoms with Crippen molar-refractivity contribution in [2.24, 2.45) is 0 Å². The predicted molar refractivity (Wildman–Crippen MR) is 99.3 cm³/mol. The van der Waals surface area contributed by atoms with Gasteiger partial charge in [-0.3, -0.25) is 4.79 Å². The first kappa shape index (κ1) is 17.8. The van der Waals surface area contributed by atoms with E-state index >= 15 is 0 Å². The summed E-state index contributed by atoms with van der Waals surface area (Å²) >= 11 is 5.99. The zero-order chi connectivity index (χ0) is 18.5. The molecule has 0 radical (unpaired) electrons. The van der Waals surface area contributed by atoms with Crippen LogP contribution < -0.4 is 14.8 Å². The molecule has 0 fully saturated rings. The Hall–Kier alpha value is -2.99. The molecule has 6 nitrogen and oxygen atoms in total. The highest BCUT2D eigenvalue weighted by atomic mass is 35.5. The molecule has 3 aromatic rings. The fourth-order valence-corrected chi connectivity index (χ4v) is 2.66. The third-order valence-corrected chi connectivity index (χ3v) is 4.05. The first-order valence-corrected chi connectivity index (χ1v) is 8.28. The molecule has 1 aromatic heterocycles. The van der Waals surface area contributed by atoms with E-state index in [2.05, 4.69) is 10.4 Å². The van der Waals surface area contributed by atoms with Gasteiger partial charge in [0.2, 0.25) is 0 Å². The Morgan fingerprint density at radius 2 is 1.96 bits per heavy atom. The maximum atomic E-state index is 12.4. The van der Waals surface area contributed by atoms with Crippen LogP contribution in [0.1, 0.15) is 15.9 Å². The third kappa shape index (κ3) is 3.97. The van der Waals surface area contributed by atoms with Gasteiger partial charge in [-0.1, -0.05) is 23.7 Å². The number of benzene rings is 2. The minimum absolute atomic E-state index is 0.215. The van der Waals surface area contributed by atoms with Gasteiger partial charge >= 0.3 is 0 Å². The second-order valence-electron chi connectivity index (χ2n) is 5.53. The van der Waals surface area contributed by atoms with Gasteiger partial charge in [-0.05, 0) is 35.9 Å². The van der Waals surface area contributed by atoms with E-state index in [9.17, 15) is 4.79 Å². The van der Waals surface area contributed by atoms with E-state index in [1.807, 2.05) is 24.3 Å². The lowest BCUT2D eigenvalue weighted by molar-refractivity contribution is 0.0951. The molecule has 1 N–H and O–H groups in total. The van der Waals surface area contributed by atoms with Crippen molar-refractivity contribution >= 4 is 17.5 Å². The summed E-state index contributed by atoms with van der Waals surface area (Å²) in [6.45, 7) is 0.363. The maximum absolute atomic E-state index is 12.4. The molecule has 0 aliphatic heterocycles. The molecule has 0 atom stereocenters. The van der Waals surface area contributed by atoms with Gasteiger partial charge in [0.05, 0.1) is 31.7 Å². The summed E-state index contributed by atoms with van der Waals surface area (Å²) < 4.78 is 12.1. The lowest BCUT2D eigenvalue weighted by Crippen LogP contribution is -2.22. The first-order valence-electron chi connectivity index (χ1n) is 7.90. The molecule has 1 amide bonds. The molecule has 3 rings (SSSR count). The standard InChI is InChI=1S/C19H18ClN3O3/c1-25-17-7-6-13(8-18(17)26-2)10-21-19(24)14-11-22-23(12-14)16-5-3-4-15(20)9-16/h3-9,11-12H,10H2,1-2H3,(H,21,24). The molecule has 7 heteroatoms. The lowest BCUT2D eigenvalue weighted by atomic mass is 10.2. The first-order chi connectivity index (χ1) is 12.6. The lowest BCUT2D eigenvalue weighted by Gasteiger charge is -2.10. The number of nitrogens with zero attached hydrogens (tertiary/aromatic N) is 2. The summed E-state index contributed by atoms with van der Waals surface area (Å²) in [6, 6.07) is 12.8. The number of carbonyl (C=O) groups excluding carboxylic acids is 1. The summed E-state index contributed by atoms with van der Waals surface area (Å²) in [5.74, 6) is 1.05. The number of hydrogen-bond acceptors (Lipinski definition) is 4. The predicted octanol–water partition coefficient (Wildman–Crippen LogP) is 3.47. The Balaban J connectivity index is 1.67. The Bertz CT molecular complexity index is 924. The molecule has 0 saturated carbocycles. The third-order valence-electron chi connectivity index (χ3n) is 3.82. The van der Waals surface area contributed by atoms with Crippen molar-refractivity contribution in [3.8, 4) is 17.2 Å². The molecule has 1 heterocycles. The van der Waals surface area contributed by atoms with Gasteiger partial charge in [0, 0.05) is 17.8 Å². The van der Waals surface area contributed by atoms with E-state index in [-0.39, 0.29) is 5.91 Å². The average molecular weight is 372 g/mol. The molecule has 0 aliphatic carbocycles. The van der Waals surface area contributed by atoms with E-state index < -0.39 is 0 Å². The van der Waals surface area contributed by atoms with Gasteiger partial charge < -0.3 is 14.8 Å². The van der Waals surface area contributed by atoms with E-state index in [0.29, 0.717) is 28.6 Å². The summed E-state index contributed by atoms with van der Waals surface area (Å²) in [5.41, 5.74) is 2.15. The molecule has 0 saturated heterocycles. The summed E-state index contributed by atoms with van der Waals surface area (Å²) in [4.78, 5) is 12.4. The number of hydrogen-bond donors (Lipinski definition) is 1. The van der Waals surface area contributed by atoms with Gasteiger partial charge in [-0.15, -0.1) is 0 Å². The molecule has 0 bridgehead atoms. The second kappa shape index (κ2) is 7.93. The summed E-state index contributed by atoms with van der Waals surface area (Å²) in [6.07, 6.45) is 3.18. The molecule has 26 heavy (non-hydrogen) atoms. The highest BCUT2D eigenvalue weighted by molar-refractivity contribution is 6.30. The Morgan fingerprint density at radius 1 is 1.15 bits per heavy atom. The highest BCUT2D eigenvalue weighted by Crippen LogP contribution is 2.27. The smallest absolute Gasteiger partial charge is 0.254 e. The molecular formula is C19H18ClN3O3. The van der Waals surface area contributed by atoms with E-state index in [1.54, 1.807) is 43.3 Å². The van der Waals surface area contributed by atoms with Gasteiger partial charge in [0.15, 0.2) is 11.5 Å². The number of ether oxygens (including phenoxy) is 2. The zero-order valence-electron chi connectivity index (χ0n) is 14.4. The van der Waals surface area contributed by atoms with Gasteiger partial charge in [-0.25, -0.2) is 4.68 Å². The van der Waals surface area contributed by atoms with Crippen LogP contribution >= 0.6 is 11.6 Å². The van der Waals surface area contributed by atoms with Crippen LogP contribution in [0.3, 0.4) is 0 Å². The highest BCUT2D eigenvalue weighted by Gasteiger charge is 2.11. The molecule has 0 aliphatic rings. The van der Waals surface area contributed by atoms with Crippen LogP contribution in [0.2, 0.25) is 5.02 Å². The summed E-state index contributed by atoms with van der Waals surface area (Å²) in [5, 5.41) is 7.69. The fraction of sp³-hybridized carbons (Fsp3) is 0.158. The monoisotopic (exact) mass is 371 g/mol. The van der Waals surface area contributed by atoms with Crippen molar-refractivity contribution < 1.29 is 14.3 Å². The fourth-order valence-electron chi connectivity index (χ4n) is 2.47. The van der Waals surface area contributed by atoms with Crippen molar-refractivity contribution in [3.05, 3.63) is 71.0 Å². The molecular weight excluding hydrogens is 354 g/mol. The van der Waals surface area contributed by atoms with Crippen LogP contribution in [-0.4, -0.2) is 29.9 Å². The van der Waals surface area contributed by atoms with Crippen LogP contribution in [0, 0.1) is 0 Å². The Labute approximate surface area is 156 Å². The minimum Gasteiger partial charge on any atom is -0.493 e. The zero-order valence-corrected chi connectivity index (χ0v) is 15.2. The SMILES string of the molecule is COc1ccc(CNC(=O)c2cnn(-c3cccc(Cl)c3)c2)cc1OC. The van der Waals surface area contributed by atoms with Gasteiger partial charge in [-0.2, -0.15) is 5.10 Å². The van der Waals surface area contributed by atoms with Gasteiger partial charge in [0.1, 0.15) is 0 Å². The van der Waals surface area contributed by atoms with E-state index in [4.69, 9.17) is 21.1 Å². The van der Waals surface area contributed by atoms with Crippen LogP contribution in [0.5, 0.6) is 11.5 Å². The van der Waals surface area contributed by atoms with Crippen molar-refractivity contribution in [3.63, 3.8) is 0 Å². The number of rotatable bonds is 6. The largest absolute Gasteiger partial charge is 0.493 e. The van der Waals surface area contributed by atoms with Crippen LogP contribution in [-0.2, 0) is 6.54 Å². The van der Waals surface area contributed by atoms with Crippen LogP contribution in [0.4, 0.5) is 0 Å².